The highest BCUT2D eigenvalue weighted by Crippen LogP contribution is 2.24. The monoisotopic (exact) mass is 387 g/mol. The molecule has 0 saturated carbocycles. The molecule has 100 valence electrons. The molecule has 1 aromatic heterocycles. The van der Waals surface area contributed by atoms with Crippen molar-refractivity contribution >= 4 is 39.8 Å². The summed E-state index contributed by atoms with van der Waals surface area (Å²) in [5.74, 6) is 0.247. The quantitative estimate of drug-likeness (QED) is 0.812. The molecule has 0 radical (unpaired) electrons. The second-order valence-electron chi connectivity index (χ2n) is 4.32. The van der Waals surface area contributed by atoms with Gasteiger partial charge in [0.05, 0.1) is 14.5 Å². The van der Waals surface area contributed by atoms with Crippen molar-refractivity contribution in [3.05, 3.63) is 49.7 Å². The molecule has 0 bridgehead atoms. The molecular weight excluding hydrogens is 373 g/mol. The molecule has 19 heavy (non-hydrogen) atoms. The Labute approximate surface area is 130 Å². The first-order valence-corrected chi connectivity index (χ1v) is 7.75. The maximum absolute atomic E-state index is 12.3. The summed E-state index contributed by atoms with van der Waals surface area (Å²) in [7, 11) is 1.80. The third-order valence-corrected chi connectivity index (χ3v) is 4.88. The van der Waals surface area contributed by atoms with Crippen LogP contribution >= 0.6 is 33.9 Å². The molecule has 0 aliphatic heterocycles. The number of halogens is 1. The fourth-order valence-electron chi connectivity index (χ4n) is 1.78. The first kappa shape index (κ1) is 14.3. The maximum Gasteiger partial charge on any atom is 0.254 e. The minimum atomic E-state index is -0.0364. The van der Waals surface area contributed by atoms with Crippen LogP contribution in [-0.2, 0) is 0 Å². The number of carbonyl (C=O) groups excluding carboxylic acids is 1. The third-order valence-electron chi connectivity index (χ3n) is 3.09. The second-order valence-corrected chi connectivity index (χ2v) is 7.13. The number of carbonyl (C=O) groups is 1. The molecular formula is C14H14INO2S. The van der Waals surface area contributed by atoms with E-state index in [-0.39, 0.29) is 17.7 Å². The molecule has 5 heteroatoms. The average molecular weight is 387 g/mol. The van der Waals surface area contributed by atoms with Crippen molar-refractivity contribution in [1.29, 1.82) is 0 Å². The highest BCUT2D eigenvalue weighted by Gasteiger charge is 2.19. The first-order valence-electron chi connectivity index (χ1n) is 5.79. The normalized spacial score (nSPS) is 12.2. The van der Waals surface area contributed by atoms with Crippen LogP contribution in [-0.4, -0.2) is 23.0 Å². The van der Waals surface area contributed by atoms with Crippen LogP contribution in [0.4, 0.5) is 0 Å². The Morgan fingerprint density at radius 3 is 2.53 bits per heavy atom. The average Bonchev–Trinajstić information content (AvgIpc) is 2.84. The Bertz CT molecular complexity index is 579. The van der Waals surface area contributed by atoms with E-state index in [1.165, 1.54) is 0 Å². The van der Waals surface area contributed by atoms with Gasteiger partial charge >= 0.3 is 0 Å². The van der Waals surface area contributed by atoms with Gasteiger partial charge < -0.3 is 10.0 Å². The lowest BCUT2D eigenvalue weighted by molar-refractivity contribution is 0.0743. The van der Waals surface area contributed by atoms with Crippen molar-refractivity contribution in [2.24, 2.45) is 0 Å². The van der Waals surface area contributed by atoms with Gasteiger partial charge in [-0.2, -0.15) is 0 Å². The van der Waals surface area contributed by atoms with E-state index in [1.807, 2.05) is 30.5 Å². The largest absolute Gasteiger partial charge is 0.508 e. The van der Waals surface area contributed by atoms with Gasteiger partial charge in [-0.1, -0.05) is 12.1 Å². The van der Waals surface area contributed by atoms with Crippen molar-refractivity contribution in [3.63, 3.8) is 0 Å². The molecule has 0 saturated heterocycles. The lowest BCUT2D eigenvalue weighted by atomic mass is 10.1. The number of phenols is 1. The van der Waals surface area contributed by atoms with E-state index in [0.29, 0.717) is 0 Å². The summed E-state index contributed by atoms with van der Waals surface area (Å²) in [6.07, 6.45) is 0. The minimum Gasteiger partial charge on any atom is -0.508 e. The van der Waals surface area contributed by atoms with Crippen LogP contribution in [0.1, 0.15) is 28.9 Å². The van der Waals surface area contributed by atoms with Crippen molar-refractivity contribution in [2.45, 2.75) is 13.0 Å². The fourth-order valence-corrected chi connectivity index (χ4v) is 3.10. The molecule has 3 nitrogen and oxygen atoms in total. The van der Waals surface area contributed by atoms with Crippen LogP contribution in [0.2, 0.25) is 0 Å². The number of thiophene rings is 1. The van der Waals surface area contributed by atoms with Gasteiger partial charge in [0.15, 0.2) is 0 Å². The van der Waals surface area contributed by atoms with E-state index in [0.717, 1.165) is 14.0 Å². The summed E-state index contributed by atoms with van der Waals surface area (Å²) < 4.78 is 1.10. The number of hydrogen-bond acceptors (Lipinski definition) is 3. The summed E-state index contributed by atoms with van der Waals surface area (Å²) in [5.41, 5.74) is 1.72. The van der Waals surface area contributed by atoms with E-state index in [1.54, 1.807) is 35.4 Å². The van der Waals surface area contributed by atoms with E-state index >= 15 is 0 Å². The predicted molar refractivity (Wildman–Crippen MR) is 85.7 cm³/mol. The summed E-state index contributed by atoms with van der Waals surface area (Å²) in [6.45, 7) is 1.97. The number of aromatic hydroxyl groups is 1. The van der Waals surface area contributed by atoms with E-state index < -0.39 is 0 Å². The molecule has 0 spiro atoms. The highest BCUT2D eigenvalue weighted by molar-refractivity contribution is 14.1. The molecule has 1 heterocycles. The van der Waals surface area contributed by atoms with Crippen molar-refractivity contribution in [2.75, 3.05) is 7.05 Å². The van der Waals surface area contributed by atoms with Gasteiger partial charge in [0.1, 0.15) is 5.75 Å². The Morgan fingerprint density at radius 2 is 2.00 bits per heavy atom. The SMILES string of the molecule is CC(c1ccc(O)cc1)N(C)C(=O)c1csc(I)c1. The zero-order valence-electron chi connectivity index (χ0n) is 10.6. The molecule has 1 amide bonds. The maximum atomic E-state index is 12.3. The lowest BCUT2D eigenvalue weighted by Gasteiger charge is -2.25. The predicted octanol–water partition coefficient (Wildman–Crippen LogP) is 3.89. The molecule has 2 aromatic rings. The number of rotatable bonds is 3. The van der Waals surface area contributed by atoms with Gasteiger partial charge in [-0.3, -0.25) is 4.79 Å². The standard InChI is InChI=1S/C14H14INO2S/c1-9(10-3-5-12(17)6-4-10)16(2)14(18)11-7-13(15)19-8-11/h3-9,17H,1-2H3. The summed E-state index contributed by atoms with van der Waals surface area (Å²) in [6, 6.07) is 8.80. The van der Waals surface area contributed by atoms with Crippen LogP contribution < -0.4 is 0 Å². The number of phenolic OH excluding ortho intramolecular Hbond substituents is 1. The van der Waals surface area contributed by atoms with Gasteiger partial charge in [0, 0.05) is 12.4 Å². The summed E-state index contributed by atoms with van der Waals surface area (Å²) >= 11 is 3.78. The summed E-state index contributed by atoms with van der Waals surface area (Å²) in [4.78, 5) is 14.0. The van der Waals surface area contributed by atoms with Gasteiger partial charge in [-0.25, -0.2) is 0 Å². The van der Waals surface area contributed by atoms with E-state index in [4.69, 9.17) is 0 Å². The van der Waals surface area contributed by atoms with Crippen LogP contribution in [0.5, 0.6) is 5.75 Å². The molecule has 0 aliphatic rings. The van der Waals surface area contributed by atoms with Gasteiger partial charge in [-0.15, -0.1) is 11.3 Å². The third kappa shape index (κ3) is 3.27. The Hall–Kier alpha value is -1.08. The molecule has 0 aliphatic carbocycles. The first-order chi connectivity index (χ1) is 8.99. The van der Waals surface area contributed by atoms with Crippen LogP contribution in [0.3, 0.4) is 0 Å². The number of nitrogens with zero attached hydrogens (tertiary/aromatic N) is 1. The molecule has 1 aromatic carbocycles. The Kier molecular flexibility index (Phi) is 4.46. The molecule has 1 N–H and O–H groups in total. The molecule has 1 atom stereocenters. The smallest absolute Gasteiger partial charge is 0.254 e. The van der Waals surface area contributed by atoms with Crippen molar-refractivity contribution in [1.82, 2.24) is 4.90 Å². The second kappa shape index (κ2) is 5.92. The van der Waals surface area contributed by atoms with Crippen LogP contribution in [0.15, 0.2) is 35.7 Å². The Morgan fingerprint density at radius 1 is 1.37 bits per heavy atom. The number of hydrogen-bond donors (Lipinski definition) is 1. The molecule has 1 unspecified atom stereocenters. The van der Waals surface area contributed by atoms with Gasteiger partial charge in [0.25, 0.3) is 5.91 Å². The Balaban J connectivity index is 2.16. The van der Waals surface area contributed by atoms with Crippen LogP contribution in [0.25, 0.3) is 0 Å². The lowest BCUT2D eigenvalue weighted by Crippen LogP contribution is -2.29. The van der Waals surface area contributed by atoms with Crippen molar-refractivity contribution in [3.8, 4) is 5.75 Å². The topological polar surface area (TPSA) is 40.5 Å². The molecule has 2 rings (SSSR count). The summed E-state index contributed by atoms with van der Waals surface area (Å²) in [5, 5.41) is 11.2. The molecule has 0 fully saturated rings. The van der Waals surface area contributed by atoms with E-state index in [9.17, 15) is 9.90 Å². The highest BCUT2D eigenvalue weighted by atomic mass is 127. The number of benzene rings is 1. The van der Waals surface area contributed by atoms with E-state index in [2.05, 4.69) is 22.6 Å². The zero-order valence-corrected chi connectivity index (χ0v) is 13.6. The van der Waals surface area contributed by atoms with Crippen molar-refractivity contribution < 1.29 is 9.90 Å². The minimum absolute atomic E-state index is 0.0136. The van der Waals surface area contributed by atoms with Gasteiger partial charge in [0.2, 0.25) is 0 Å². The van der Waals surface area contributed by atoms with Crippen LogP contribution in [0, 0.1) is 2.88 Å². The number of amides is 1. The van der Waals surface area contributed by atoms with Gasteiger partial charge in [-0.05, 0) is 53.3 Å². The zero-order chi connectivity index (χ0) is 14.0. The fraction of sp³-hybridized carbons (Fsp3) is 0.214.